The Hall–Kier alpha value is -1.89. The third-order valence-corrected chi connectivity index (χ3v) is 6.16. The van der Waals surface area contributed by atoms with Crippen LogP contribution in [0.5, 0.6) is 5.75 Å². The van der Waals surface area contributed by atoms with Crippen LogP contribution in [-0.2, 0) is 21.2 Å². The van der Waals surface area contributed by atoms with Gasteiger partial charge in [0.15, 0.2) is 0 Å². The summed E-state index contributed by atoms with van der Waals surface area (Å²) in [5.41, 5.74) is 1.90. The Morgan fingerprint density at radius 2 is 1.96 bits per heavy atom. The molecule has 7 heteroatoms. The van der Waals surface area contributed by atoms with Gasteiger partial charge >= 0.3 is 5.97 Å². The fourth-order valence-electron chi connectivity index (χ4n) is 3.23. The molecule has 1 saturated heterocycles. The summed E-state index contributed by atoms with van der Waals surface area (Å²) in [6, 6.07) is 15.0. The van der Waals surface area contributed by atoms with E-state index in [0.717, 1.165) is 17.4 Å². The quantitative estimate of drug-likeness (QED) is 0.562. The van der Waals surface area contributed by atoms with Crippen molar-refractivity contribution in [1.29, 1.82) is 0 Å². The molecule has 0 unspecified atom stereocenters. The molecule has 0 N–H and O–H groups in total. The molecule has 3 rings (SSSR count). The van der Waals surface area contributed by atoms with Gasteiger partial charge in [-0.3, -0.25) is 4.79 Å². The first kappa shape index (κ1) is 19.9. The molecule has 2 aromatic rings. The number of nitrogens with zero attached hydrogens (tertiary/aromatic N) is 1. The number of esters is 1. The molecule has 144 valence electrons. The van der Waals surface area contributed by atoms with Crippen LogP contribution in [0.1, 0.15) is 24.0 Å². The molecule has 1 heterocycles. The Balaban J connectivity index is 1.76. The summed E-state index contributed by atoms with van der Waals surface area (Å²) >= 11 is 6.12. The summed E-state index contributed by atoms with van der Waals surface area (Å²) in [6.45, 7) is 0.613. The summed E-state index contributed by atoms with van der Waals surface area (Å²) in [5, 5.41) is 0.571. The van der Waals surface area contributed by atoms with Crippen LogP contribution in [-0.4, -0.2) is 38.0 Å². The number of rotatable bonds is 5. The van der Waals surface area contributed by atoms with Gasteiger partial charge in [-0.2, -0.15) is 0 Å². The maximum absolute atomic E-state index is 12.7. The molecule has 1 aliphatic rings. The van der Waals surface area contributed by atoms with Gasteiger partial charge < -0.3 is 4.74 Å². The van der Waals surface area contributed by atoms with Crippen molar-refractivity contribution < 1.29 is 17.9 Å². The zero-order valence-corrected chi connectivity index (χ0v) is 16.7. The van der Waals surface area contributed by atoms with Crippen molar-refractivity contribution in [3.8, 4) is 5.75 Å². The van der Waals surface area contributed by atoms with Gasteiger partial charge in [-0.1, -0.05) is 41.9 Å². The van der Waals surface area contributed by atoms with Gasteiger partial charge in [0.2, 0.25) is 10.0 Å². The first-order valence-corrected chi connectivity index (χ1v) is 11.0. The molecule has 27 heavy (non-hydrogen) atoms. The first-order valence-electron chi connectivity index (χ1n) is 8.82. The van der Waals surface area contributed by atoms with Crippen molar-refractivity contribution in [2.75, 3.05) is 19.3 Å². The second-order valence-electron chi connectivity index (χ2n) is 6.80. The highest BCUT2D eigenvalue weighted by Gasteiger charge is 2.31. The lowest BCUT2D eigenvalue weighted by molar-refractivity contribution is -0.140. The van der Waals surface area contributed by atoms with Crippen molar-refractivity contribution in [3.05, 3.63) is 64.7 Å². The maximum atomic E-state index is 12.7. The molecule has 0 saturated carbocycles. The molecular formula is C20H22ClNO4S. The molecule has 0 radical (unpaired) electrons. The van der Waals surface area contributed by atoms with Gasteiger partial charge in [-0.15, -0.1) is 0 Å². The number of benzene rings is 2. The van der Waals surface area contributed by atoms with Gasteiger partial charge in [0.25, 0.3) is 0 Å². The molecular weight excluding hydrogens is 386 g/mol. The van der Waals surface area contributed by atoms with Gasteiger partial charge in [0, 0.05) is 30.1 Å². The lowest BCUT2D eigenvalue weighted by atomic mass is 10.00. The lowest BCUT2D eigenvalue weighted by Crippen LogP contribution is -2.42. The van der Waals surface area contributed by atoms with Crippen molar-refractivity contribution in [2.45, 2.75) is 19.3 Å². The second kappa shape index (κ2) is 8.42. The molecule has 1 fully saturated rings. The highest BCUT2D eigenvalue weighted by molar-refractivity contribution is 7.88. The van der Waals surface area contributed by atoms with Gasteiger partial charge in [-0.05, 0) is 36.6 Å². The fourth-order valence-corrected chi connectivity index (χ4v) is 4.34. The van der Waals surface area contributed by atoms with E-state index >= 15 is 0 Å². The summed E-state index contributed by atoms with van der Waals surface area (Å²) in [5.74, 6) is -0.404. The Morgan fingerprint density at radius 3 is 2.67 bits per heavy atom. The fraction of sp³-hybridized carbons (Fsp3) is 0.350. The van der Waals surface area contributed by atoms with Gasteiger partial charge in [0.05, 0.1) is 12.2 Å². The minimum atomic E-state index is -3.31. The number of carbonyl (C=O) groups excluding carboxylic acids is 1. The first-order chi connectivity index (χ1) is 12.8. The van der Waals surface area contributed by atoms with Crippen LogP contribution in [0, 0.1) is 5.92 Å². The number of carbonyl (C=O) groups is 1. The molecule has 0 amide bonds. The molecule has 0 spiro atoms. The Bertz CT molecular complexity index is 915. The number of hydrogen-bond acceptors (Lipinski definition) is 4. The van der Waals surface area contributed by atoms with Crippen LogP contribution in [0.4, 0.5) is 0 Å². The number of piperidine rings is 1. The Labute approximate surface area is 165 Å². The van der Waals surface area contributed by atoms with Crippen molar-refractivity contribution in [2.24, 2.45) is 5.92 Å². The van der Waals surface area contributed by atoms with Gasteiger partial charge in [0.1, 0.15) is 5.75 Å². The van der Waals surface area contributed by atoms with Gasteiger partial charge in [-0.25, -0.2) is 12.7 Å². The predicted molar refractivity (Wildman–Crippen MR) is 105 cm³/mol. The third-order valence-electron chi connectivity index (χ3n) is 4.66. The van der Waals surface area contributed by atoms with E-state index in [9.17, 15) is 13.2 Å². The lowest BCUT2D eigenvalue weighted by Gasteiger charge is -2.29. The van der Waals surface area contributed by atoms with E-state index in [0.29, 0.717) is 36.6 Å². The smallest absolute Gasteiger partial charge is 0.315 e. The SMILES string of the molecule is CS(=O)(=O)N1CCC[C@@H](C(=O)Oc2ccc(Cl)cc2Cc2ccccc2)C1. The van der Waals surface area contributed by atoms with E-state index in [1.165, 1.54) is 4.31 Å². The van der Waals surface area contributed by atoms with Crippen LogP contribution in [0.2, 0.25) is 5.02 Å². The van der Waals surface area contributed by atoms with E-state index in [1.54, 1.807) is 18.2 Å². The largest absolute Gasteiger partial charge is 0.426 e. The van der Waals surface area contributed by atoms with Crippen LogP contribution < -0.4 is 4.74 Å². The van der Waals surface area contributed by atoms with Crippen LogP contribution in [0.3, 0.4) is 0 Å². The van der Waals surface area contributed by atoms with E-state index in [1.807, 2.05) is 30.3 Å². The number of halogens is 1. The number of hydrogen-bond donors (Lipinski definition) is 0. The summed E-state index contributed by atoms with van der Waals surface area (Å²) in [6.07, 6.45) is 3.01. The number of ether oxygens (including phenoxy) is 1. The maximum Gasteiger partial charge on any atom is 0.315 e. The average molecular weight is 408 g/mol. The van der Waals surface area contributed by atoms with Crippen LogP contribution in [0.25, 0.3) is 0 Å². The molecule has 1 atom stereocenters. The van der Waals surface area contributed by atoms with E-state index < -0.39 is 21.9 Å². The number of sulfonamides is 1. The molecule has 2 aromatic carbocycles. The normalized spacial score (nSPS) is 18.2. The van der Waals surface area contributed by atoms with E-state index in [4.69, 9.17) is 16.3 Å². The molecule has 5 nitrogen and oxygen atoms in total. The van der Waals surface area contributed by atoms with Crippen molar-refractivity contribution in [1.82, 2.24) is 4.31 Å². The Morgan fingerprint density at radius 1 is 1.22 bits per heavy atom. The standard InChI is InChI=1S/C20H22ClNO4S/c1-27(24,25)22-11-5-8-16(14-22)20(23)26-19-10-9-18(21)13-17(19)12-15-6-3-2-4-7-15/h2-4,6-7,9-10,13,16H,5,8,11-12,14H2,1H3/t16-/m1/s1. The minimum Gasteiger partial charge on any atom is -0.426 e. The summed E-state index contributed by atoms with van der Waals surface area (Å²) < 4.78 is 30.5. The summed E-state index contributed by atoms with van der Waals surface area (Å²) in [7, 11) is -3.31. The third kappa shape index (κ3) is 5.31. The topological polar surface area (TPSA) is 63.7 Å². The highest BCUT2D eigenvalue weighted by atomic mass is 35.5. The highest BCUT2D eigenvalue weighted by Crippen LogP contribution is 2.28. The monoisotopic (exact) mass is 407 g/mol. The Kier molecular flexibility index (Phi) is 6.19. The second-order valence-corrected chi connectivity index (χ2v) is 9.21. The van der Waals surface area contributed by atoms with E-state index in [2.05, 4.69) is 0 Å². The van der Waals surface area contributed by atoms with Crippen LogP contribution >= 0.6 is 11.6 Å². The average Bonchev–Trinajstić information content (AvgIpc) is 2.64. The predicted octanol–water partition coefficient (Wildman–Crippen LogP) is 3.51. The molecule has 1 aliphatic heterocycles. The van der Waals surface area contributed by atoms with Crippen molar-refractivity contribution in [3.63, 3.8) is 0 Å². The molecule has 0 aliphatic carbocycles. The van der Waals surface area contributed by atoms with E-state index in [-0.39, 0.29) is 6.54 Å². The minimum absolute atomic E-state index is 0.166. The molecule has 0 bridgehead atoms. The van der Waals surface area contributed by atoms with Crippen LogP contribution in [0.15, 0.2) is 48.5 Å². The zero-order valence-electron chi connectivity index (χ0n) is 15.1. The summed E-state index contributed by atoms with van der Waals surface area (Å²) in [4.78, 5) is 12.7. The van der Waals surface area contributed by atoms with Crippen molar-refractivity contribution >= 4 is 27.6 Å². The zero-order chi connectivity index (χ0) is 19.4. The molecule has 0 aromatic heterocycles.